The van der Waals surface area contributed by atoms with Gasteiger partial charge in [0.15, 0.2) is 0 Å². The largest absolute Gasteiger partial charge is 0.315 e. The second kappa shape index (κ2) is 8.62. The van der Waals surface area contributed by atoms with Crippen LogP contribution in [-0.2, 0) is 6.54 Å². The van der Waals surface area contributed by atoms with Gasteiger partial charge in [0.2, 0.25) is 0 Å². The molecule has 1 atom stereocenters. The van der Waals surface area contributed by atoms with Crippen LogP contribution in [-0.4, -0.2) is 36.1 Å². The van der Waals surface area contributed by atoms with E-state index >= 15 is 0 Å². The quantitative estimate of drug-likeness (QED) is 0.698. The molecule has 0 aliphatic rings. The highest BCUT2D eigenvalue weighted by molar-refractivity contribution is 7.09. The summed E-state index contributed by atoms with van der Waals surface area (Å²) >= 11 is 1.74. The van der Waals surface area contributed by atoms with Crippen molar-refractivity contribution in [1.82, 2.24) is 15.2 Å². The van der Waals surface area contributed by atoms with Crippen molar-refractivity contribution in [1.29, 1.82) is 0 Å². The predicted molar refractivity (Wildman–Crippen MR) is 80.2 cm³/mol. The Morgan fingerprint density at radius 3 is 2.72 bits per heavy atom. The van der Waals surface area contributed by atoms with Gasteiger partial charge in [0.1, 0.15) is 0 Å². The molecule has 0 spiro atoms. The number of nitrogens with one attached hydrogen (secondary N) is 1. The summed E-state index contributed by atoms with van der Waals surface area (Å²) in [5.74, 6) is 0. The molecule has 0 radical (unpaired) electrons. The number of aryl methyl sites for hydroxylation is 1. The van der Waals surface area contributed by atoms with E-state index in [1.165, 1.54) is 25.0 Å². The molecule has 104 valence electrons. The molecular weight excluding hydrogens is 242 g/mol. The predicted octanol–water partition coefficient (Wildman–Crippen LogP) is 3.05. The first-order chi connectivity index (χ1) is 8.67. The second-order valence-corrected chi connectivity index (χ2v) is 5.98. The van der Waals surface area contributed by atoms with Gasteiger partial charge in [-0.25, -0.2) is 4.98 Å². The van der Waals surface area contributed by atoms with Gasteiger partial charge in [-0.15, -0.1) is 11.3 Å². The van der Waals surface area contributed by atoms with Gasteiger partial charge in [0, 0.05) is 24.5 Å². The highest BCUT2D eigenvalue weighted by Crippen LogP contribution is 2.13. The van der Waals surface area contributed by atoms with Crippen LogP contribution in [0.4, 0.5) is 0 Å². The number of likely N-dealkylation sites (N-methyl/N-ethyl adjacent to an activating group) is 1. The van der Waals surface area contributed by atoms with Gasteiger partial charge in [-0.2, -0.15) is 0 Å². The highest BCUT2D eigenvalue weighted by Gasteiger charge is 2.14. The fourth-order valence-electron chi connectivity index (χ4n) is 2.12. The van der Waals surface area contributed by atoms with Crippen LogP contribution in [0.5, 0.6) is 0 Å². The summed E-state index contributed by atoms with van der Waals surface area (Å²) in [5.41, 5.74) is 1.21. The van der Waals surface area contributed by atoms with Crippen molar-refractivity contribution in [3.63, 3.8) is 0 Å². The van der Waals surface area contributed by atoms with Gasteiger partial charge in [-0.3, -0.25) is 4.90 Å². The normalized spacial score (nSPS) is 13.2. The zero-order valence-corrected chi connectivity index (χ0v) is 13.0. The Kier molecular flexibility index (Phi) is 7.47. The average molecular weight is 269 g/mol. The lowest BCUT2D eigenvalue weighted by Gasteiger charge is -2.27. The summed E-state index contributed by atoms with van der Waals surface area (Å²) in [5, 5.41) is 6.87. The fourth-order valence-corrected chi connectivity index (χ4v) is 2.73. The third-order valence-corrected chi connectivity index (χ3v) is 3.95. The van der Waals surface area contributed by atoms with Crippen LogP contribution in [0.25, 0.3) is 0 Å². The van der Waals surface area contributed by atoms with Crippen molar-refractivity contribution in [3.05, 3.63) is 16.1 Å². The number of nitrogens with zero attached hydrogens (tertiary/aromatic N) is 2. The van der Waals surface area contributed by atoms with E-state index in [1.807, 2.05) is 0 Å². The summed E-state index contributed by atoms with van der Waals surface area (Å²) in [6.07, 6.45) is 3.68. The molecule has 0 saturated heterocycles. The SMILES string of the molecule is CCCNCC(CCC)N(C)Cc1csc(C)n1. The number of hydrogen-bond donors (Lipinski definition) is 1. The lowest BCUT2D eigenvalue weighted by Crippen LogP contribution is -2.40. The number of aromatic nitrogens is 1. The number of rotatable bonds is 9. The number of thiazole rings is 1. The summed E-state index contributed by atoms with van der Waals surface area (Å²) in [6.45, 7) is 9.70. The van der Waals surface area contributed by atoms with Crippen LogP contribution in [0.1, 0.15) is 43.8 Å². The molecule has 0 aliphatic carbocycles. The smallest absolute Gasteiger partial charge is 0.0897 e. The molecule has 0 bridgehead atoms. The molecule has 0 aromatic carbocycles. The molecule has 1 aromatic rings. The van der Waals surface area contributed by atoms with Gasteiger partial charge < -0.3 is 5.32 Å². The third kappa shape index (κ3) is 5.46. The Hall–Kier alpha value is -0.450. The summed E-state index contributed by atoms with van der Waals surface area (Å²) in [6, 6.07) is 0.614. The van der Waals surface area contributed by atoms with E-state index in [1.54, 1.807) is 11.3 Å². The monoisotopic (exact) mass is 269 g/mol. The minimum Gasteiger partial charge on any atom is -0.315 e. The first kappa shape index (κ1) is 15.6. The number of hydrogen-bond acceptors (Lipinski definition) is 4. The van der Waals surface area contributed by atoms with Crippen LogP contribution in [0.2, 0.25) is 0 Å². The van der Waals surface area contributed by atoms with Gasteiger partial charge in [-0.05, 0) is 33.4 Å². The van der Waals surface area contributed by atoms with Crippen LogP contribution >= 0.6 is 11.3 Å². The minimum atomic E-state index is 0.614. The first-order valence-electron chi connectivity index (χ1n) is 6.99. The molecule has 0 amide bonds. The second-order valence-electron chi connectivity index (χ2n) is 4.92. The Balaban J connectivity index is 2.44. The fraction of sp³-hybridized carbons (Fsp3) is 0.786. The van der Waals surface area contributed by atoms with Crippen molar-refractivity contribution in [2.45, 2.75) is 52.6 Å². The summed E-state index contributed by atoms with van der Waals surface area (Å²) < 4.78 is 0. The summed E-state index contributed by atoms with van der Waals surface area (Å²) in [7, 11) is 2.21. The summed E-state index contributed by atoms with van der Waals surface area (Å²) in [4.78, 5) is 6.98. The Bertz CT molecular complexity index is 325. The lowest BCUT2D eigenvalue weighted by atomic mass is 10.1. The van der Waals surface area contributed by atoms with E-state index in [2.05, 4.69) is 48.4 Å². The van der Waals surface area contributed by atoms with Crippen LogP contribution in [0.3, 0.4) is 0 Å². The van der Waals surface area contributed by atoms with E-state index in [0.717, 1.165) is 24.6 Å². The van der Waals surface area contributed by atoms with Crippen LogP contribution < -0.4 is 5.32 Å². The maximum absolute atomic E-state index is 4.55. The molecule has 1 N–H and O–H groups in total. The van der Waals surface area contributed by atoms with Gasteiger partial charge >= 0.3 is 0 Å². The van der Waals surface area contributed by atoms with Crippen molar-refractivity contribution in [2.75, 3.05) is 20.1 Å². The van der Waals surface area contributed by atoms with Gasteiger partial charge in [-0.1, -0.05) is 20.3 Å². The Morgan fingerprint density at radius 2 is 2.17 bits per heavy atom. The van der Waals surface area contributed by atoms with Crippen molar-refractivity contribution < 1.29 is 0 Å². The molecule has 18 heavy (non-hydrogen) atoms. The maximum Gasteiger partial charge on any atom is 0.0897 e. The van der Waals surface area contributed by atoms with Gasteiger partial charge in [0.05, 0.1) is 10.7 Å². The van der Waals surface area contributed by atoms with E-state index in [0.29, 0.717) is 6.04 Å². The molecule has 1 unspecified atom stereocenters. The molecule has 0 fully saturated rings. The Labute approximate surface area is 116 Å². The van der Waals surface area contributed by atoms with E-state index in [-0.39, 0.29) is 0 Å². The lowest BCUT2D eigenvalue weighted by molar-refractivity contribution is 0.213. The van der Waals surface area contributed by atoms with Gasteiger partial charge in [0.25, 0.3) is 0 Å². The van der Waals surface area contributed by atoms with E-state index in [4.69, 9.17) is 0 Å². The molecular formula is C14H27N3S. The van der Waals surface area contributed by atoms with Crippen molar-refractivity contribution in [2.24, 2.45) is 0 Å². The third-order valence-electron chi connectivity index (χ3n) is 3.13. The molecule has 1 rings (SSSR count). The molecule has 0 saturated carbocycles. The van der Waals surface area contributed by atoms with Crippen LogP contribution in [0, 0.1) is 6.92 Å². The van der Waals surface area contributed by atoms with Crippen LogP contribution in [0.15, 0.2) is 5.38 Å². The molecule has 4 heteroatoms. The topological polar surface area (TPSA) is 28.2 Å². The zero-order valence-electron chi connectivity index (χ0n) is 12.2. The van der Waals surface area contributed by atoms with E-state index < -0.39 is 0 Å². The average Bonchev–Trinajstić information content (AvgIpc) is 2.74. The highest BCUT2D eigenvalue weighted by atomic mass is 32.1. The maximum atomic E-state index is 4.55. The molecule has 1 heterocycles. The minimum absolute atomic E-state index is 0.614. The first-order valence-corrected chi connectivity index (χ1v) is 7.87. The molecule has 3 nitrogen and oxygen atoms in total. The zero-order chi connectivity index (χ0) is 13.4. The van der Waals surface area contributed by atoms with E-state index in [9.17, 15) is 0 Å². The van der Waals surface area contributed by atoms with Crippen molar-refractivity contribution in [3.8, 4) is 0 Å². The Morgan fingerprint density at radius 1 is 1.39 bits per heavy atom. The molecule has 0 aliphatic heterocycles. The van der Waals surface area contributed by atoms with Crippen molar-refractivity contribution >= 4 is 11.3 Å². The molecule has 1 aromatic heterocycles. The standard InChI is InChI=1S/C14H27N3S/c1-5-7-14(9-15-8-6-2)17(4)10-13-11-18-12(3)16-13/h11,14-15H,5-10H2,1-4H3.